The van der Waals surface area contributed by atoms with E-state index < -0.39 is 5.97 Å². The summed E-state index contributed by atoms with van der Waals surface area (Å²) in [6.45, 7) is 1.68. The number of carboxylic acids is 1. The summed E-state index contributed by atoms with van der Waals surface area (Å²) in [6, 6.07) is 8.35. The second-order valence-corrected chi connectivity index (χ2v) is 4.07. The Labute approximate surface area is 109 Å². The molecule has 19 heavy (non-hydrogen) atoms. The van der Waals surface area contributed by atoms with E-state index in [1.807, 2.05) is 0 Å². The lowest BCUT2D eigenvalue weighted by molar-refractivity contribution is 0.0694. The standard InChI is InChI=1S/C14H12FNO3/c1-8-6-9(15)2-4-12(8)19-13-5-3-10(16)7-11(13)14(17)18/h2-7H,16H2,1H3,(H,17,18). The number of benzene rings is 2. The second kappa shape index (κ2) is 4.97. The van der Waals surface area contributed by atoms with Crippen LogP contribution in [0.3, 0.4) is 0 Å². The molecule has 2 aromatic rings. The Bertz CT molecular complexity index is 641. The third kappa shape index (κ3) is 2.82. The topological polar surface area (TPSA) is 72.5 Å². The van der Waals surface area contributed by atoms with Crippen LogP contribution in [0.1, 0.15) is 15.9 Å². The van der Waals surface area contributed by atoms with Crippen LogP contribution in [0.5, 0.6) is 11.5 Å². The van der Waals surface area contributed by atoms with E-state index in [0.717, 1.165) is 0 Å². The first kappa shape index (κ1) is 12.9. The molecule has 0 spiro atoms. The van der Waals surface area contributed by atoms with Gasteiger partial charge in [0.1, 0.15) is 22.9 Å². The number of carboxylic acid groups (broad SMARTS) is 1. The smallest absolute Gasteiger partial charge is 0.339 e. The van der Waals surface area contributed by atoms with Gasteiger partial charge in [0.15, 0.2) is 0 Å². The van der Waals surface area contributed by atoms with Gasteiger partial charge >= 0.3 is 5.97 Å². The molecule has 0 atom stereocenters. The first-order chi connectivity index (χ1) is 8.97. The molecule has 0 amide bonds. The molecule has 3 N–H and O–H groups in total. The van der Waals surface area contributed by atoms with E-state index in [-0.39, 0.29) is 17.1 Å². The van der Waals surface area contributed by atoms with Crippen molar-refractivity contribution in [2.75, 3.05) is 5.73 Å². The van der Waals surface area contributed by atoms with Gasteiger partial charge in [-0.05, 0) is 48.9 Å². The Morgan fingerprint density at radius 1 is 1.21 bits per heavy atom. The number of hydrogen-bond donors (Lipinski definition) is 2. The summed E-state index contributed by atoms with van der Waals surface area (Å²) in [4.78, 5) is 11.1. The lowest BCUT2D eigenvalue weighted by Gasteiger charge is -2.11. The van der Waals surface area contributed by atoms with Crippen molar-refractivity contribution in [1.82, 2.24) is 0 Å². The fourth-order valence-electron chi connectivity index (χ4n) is 1.65. The Hall–Kier alpha value is -2.56. The van der Waals surface area contributed by atoms with Crippen molar-refractivity contribution < 1.29 is 19.0 Å². The highest BCUT2D eigenvalue weighted by molar-refractivity contribution is 5.92. The van der Waals surface area contributed by atoms with Gasteiger partial charge in [-0.25, -0.2) is 9.18 Å². The molecule has 2 rings (SSSR count). The first-order valence-electron chi connectivity index (χ1n) is 5.54. The lowest BCUT2D eigenvalue weighted by atomic mass is 10.1. The molecule has 0 saturated heterocycles. The van der Waals surface area contributed by atoms with Gasteiger partial charge in [0.25, 0.3) is 0 Å². The van der Waals surface area contributed by atoms with Crippen molar-refractivity contribution in [3.63, 3.8) is 0 Å². The molecule has 0 saturated carbocycles. The number of anilines is 1. The third-order valence-electron chi connectivity index (χ3n) is 2.59. The molecule has 0 aliphatic heterocycles. The van der Waals surface area contributed by atoms with Crippen molar-refractivity contribution in [2.45, 2.75) is 6.92 Å². The van der Waals surface area contributed by atoms with Crippen LogP contribution in [0.4, 0.5) is 10.1 Å². The zero-order valence-corrected chi connectivity index (χ0v) is 10.2. The fraction of sp³-hybridized carbons (Fsp3) is 0.0714. The van der Waals surface area contributed by atoms with Gasteiger partial charge in [-0.2, -0.15) is 0 Å². The Kier molecular flexibility index (Phi) is 3.37. The number of aromatic carboxylic acids is 1. The Balaban J connectivity index is 2.40. The lowest BCUT2D eigenvalue weighted by Crippen LogP contribution is -2.02. The van der Waals surface area contributed by atoms with Crippen LogP contribution in [-0.4, -0.2) is 11.1 Å². The third-order valence-corrected chi connectivity index (χ3v) is 2.59. The fourth-order valence-corrected chi connectivity index (χ4v) is 1.65. The molecular weight excluding hydrogens is 249 g/mol. The van der Waals surface area contributed by atoms with Crippen LogP contribution in [0.15, 0.2) is 36.4 Å². The minimum atomic E-state index is -1.14. The summed E-state index contributed by atoms with van der Waals surface area (Å²) in [5, 5.41) is 9.09. The molecular formula is C14H12FNO3. The van der Waals surface area contributed by atoms with Crippen molar-refractivity contribution in [3.05, 3.63) is 53.3 Å². The average molecular weight is 261 g/mol. The minimum Gasteiger partial charge on any atom is -0.478 e. The van der Waals surface area contributed by atoms with Crippen LogP contribution < -0.4 is 10.5 Å². The normalized spacial score (nSPS) is 10.2. The number of aryl methyl sites for hydroxylation is 1. The van der Waals surface area contributed by atoms with E-state index in [1.54, 1.807) is 13.0 Å². The largest absolute Gasteiger partial charge is 0.478 e. The van der Waals surface area contributed by atoms with E-state index in [2.05, 4.69) is 0 Å². The number of halogens is 1. The van der Waals surface area contributed by atoms with Crippen molar-refractivity contribution in [3.8, 4) is 11.5 Å². The van der Waals surface area contributed by atoms with Crippen molar-refractivity contribution >= 4 is 11.7 Å². The van der Waals surface area contributed by atoms with Gasteiger partial charge in [-0.3, -0.25) is 0 Å². The molecule has 98 valence electrons. The van der Waals surface area contributed by atoms with E-state index in [0.29, 0.717) is 17.0 Å². The summed E-state index contributed by atoms with van der Waals surface area (Å²) in [5.41, 5.74) is 6.41. The van der Waals surface area contributed by atoms with Crippen LogP contribution in [-0.2, 0) is 0 Å². The second-order valence-electron chi connectivity index (χ2n) is 4.07. The van der Waals surface area contributed by atoms with Gasteiger partial charge in [-0.15, -0.1) is 0 Å². The molecule has 0 heterocycles. The van der Waals surface area contributed by atoms with Crippen LogP contribution in [0, 0.1) is 12.7 Å². The number of ether oxygens (including phenoxy) is 1. The highest BCUT2D eigenvalue weighted by Crippen LogP contribution is 2.29. The highest BCUT2D eigenvalue weighted by atomic mass is 19.1. The SMILES string of the molecule is Cc1cc(F)ccc1Oc1ccc(N)cc1C(=O)O. The first-order valence-corrected chi connectivity index (χ1v) is 5.54. The van der Waals surface area contributed by atoms with Crippen molar-refractivity contribution in [1.29, 1.82) is 0 Å². The van der Waals surface area contributed by atoms with Crippen molar-refractivity contribution in [2.24, 2.45) is 0 Å². The van der Waals surface area contributed by atoms with E-state index in [1.165, 1.54) is 30.3 Å². The van der Waals surface area contributed by atoms with Gasteiger partial charge in [-0.1, -0.05) is 0 Å². The van der Waals surface area contributed by atoms with Crippen LogP contribution in [0.25, 0.3) is 0 Å². The molecule has 0 aromatic heterocycles. The number of nitrogen functional groups attached to an aromatic ring is 1. The highest BCUT2D eigenvalue weighted by Gasteiger charge is 2.13. The Morgan fingerprint density at radius 3 is 2.53 bits per heavy atom. The Morgan fingerprint density at radius 2 is 1.89 bits per heavy atom. The van der Waals surface area contributed by atoms with Crippen LogP contribution >= 0.6 is 0 Å². The van der Waals surface area contributed by atoms with Gasteiger partial charge in [0, 0.05) is 5.69 Å². The molecule has 0 unspecified atom stereocenters. The van der Waals surface area contributed by atoms with Crippen LogP contribution in [0.2, 0.25) is 0 Å². The number of nitrogens with two attached hydrogens (primary N) is 1. The molecule has 0 aliphatic carbocycles. The maximum absolute atomic E-state index is 13.0. The predicted octanol–water partition coefficient (Wildman–Crippen LogP) is 3.21. The monoisotopic (exact) mass is 261 g/mol. The molecule has 0 bridgehead atoms. The zero-order valence-electron chi connectivity index (χ0n) is 10.2. The summed E-state index contributed by atoms with van der Waals surface area (Å²) < 4.78 is 18.5. The minimum absolute atomic E-state index is 0.0382. The molecule has 0 radical (unpaired) electrons. The molecule has 5 heteroatoms. The zero-order chi connectivity index (χ0) is 14.0. The van der Waals surface area contributed by atoms with Gasteiger partial charge < -0.3 is 15.6 Å². The van der Waals surface area contributed by atoms with E-state index >= 15 is 0 Å². The molecule has 2 aromatic carbocycles. The van der Waals surface area contributed by atoms with Gasteiger partial charge in [0.05, 0.1) is 0 Å². The van der Waals surface area contributed by atoms with E-state index in [4.69, 9.17) is 15.6 Å². The summed E-state index contributed by atoms with van der Waals surface area (Å²) in [7, 11) is 0. The molecule has 4 nitrogen and oxygen atoms in total. The summed E-state index contributed by atoms with van der Waals surface area (Å²) in [5.74, 6) is -0.951. The maximum Gasteiger partial charge on any atom is 0.339 e. The number of rotatable bonds is 3. The maximum atomic E-state index is 13.0. The molecule has 0 fully saturated rings. The number of carbonyl (C=O) groups is 1. The summed E-state index contributed by atoms with van der Waals surface area (Å²) in [6.07, 6.45) is 0. The average Bonchev–Trinajstić information content (AvgIpc) is 2.34. The predicted molar refractivity (Wildman–Crippen MR) is 69.0 cm³/mol. The summed E-state index contributed by atoms with van der Waals surface area (Å²) >= 11 is 0. The van der Waals surface area contributed by atoms with Gasteiger partial charge in [0.2, 0.25) is 0 Å². The quantitative estimate of drug-likeness (QED) is 0.832. The van der Waals surface area contributed by atoms with E-state index in [9.17, 15) is 9.18 Å². The molecule has 0 aliphatic rings. The number of hydrogen-bond acceptors (Lipinski definition) is 3.